The van der Waals surface area contributed by atoms with Crippen LogP contribution in [0.3, 0.4) is 0 Å². The van der Waals surface area contributed by atoms with Crippen LogP contribution in [0.2, 0.25) is 0 Å². The Morgan fingerprint density at radius 1 is 0.605 bits per heavy atom. The lowest BCUT2D eigenvalue weighted by molar-refractivity contribution is 0.124. The first-order valence-electron chi connectivity index (χ1n) is 13.0. The Kier molecular flexibility index (Phi) is 7.65. The summed E-state index contributed by atoms with van der Waals surface area (Å²) in [5.41, 5.74) is 6.91. The van der Waals surface area contributed by atoms with E-state index in [4.69, 9.17) is 0 Å². The minimum atomic E-state index is -1.31. The highest BCUT2D eigenvalue weighted by atomic mass is 16.3. The lowest BCUT2D eigenvalue weighted by Crippen LogP contribution is -2.31. The van der Waals surface area contributed by atoms with Crippen LogP contribution in [0.5, 0.6) is 0 Å². The van der Waals surface area contributed by atoms with Gasteiger partial charge in [0.1, 0.15) is 5.60 Å². The monoisotopic (exact) mass is 495 g/mol. The zero-order chi connectivity index (χ0) is 26.4. The van der Waals surface area contributed by atoms with Gasteiger partial charge in [0.05, 0.1) is 0 Å². The summed E-state index contributed by atoms with van der Waals surface area (Å²) in [4.78, 5) is 2.16. The summed E-state index contributed by atoms with van der Waals surface area (Å²) in [7, 11) is 4.15. The van der Waals surface area contributed by atoms with Crippen molar-refractivity contribution < 1.29 is 5.11 Å². The van der Waals surface area contributed by atoms with E-state index < -0.39 is 5.60 Å². The summed E-state index contributed by atoms with van der Waals surface area (Å²) in [5, 5.41) is 12.7. The summed E-state index contributed by atoms with van der Waals surface area (Å²) >= 11 is 0. The number of rotatable bonds is 8. The fourth-order valence-electron chi connectivity index (χ4n) is 5.13. The molecule has 5 aromatic rings. The van der Waals surface area contributed by atoms with Gasteiger partial charge in [-0.05, 0) is 64.7 Å². The third kappa shape index (κ3) is 5.24. The molecule has 0 amide bonds. The highest BCUT2D eigenvalue weighted by molar-refractivity contribution is 5.92. The quantitative estimate of drug-likeness (QED) is 0.177. The fourth-order valence-corrected chi connectivity index (χ4v) is 5.13. The van der Waals surface area contributed by atoms with Crippen LogP contribution in [0.25, 0.3) is 11.6 Å². The number of nitrogens with zero attached hydrogens (tertiary/aromatic N) is 1. The average Bonchev–Trinajstić information content (AvgIpc) is 2.97. The van der Waals surface area contributed by atoms with Gasteiger partial charge < -0.3 is 10.0 Å². The Bertz CT molecular complexity index is 1410. The molecule has 1 N–H and O–H groups in total. The van der Waals surface area contributed by atoms with Crippen molar-refractivity contribution in [3.05, 3.63) is 178 Å². The van der Waals surface area contributed by atoms with Gasteiger partial charge in [0, 0.05) is 6.54 Å². The van der Waals surface area contributed by atoms with Gasteiger partial charge in [-0.2, -0.15) is 0 Å². The van der Waals surface area contributed by atoms with Gasteiger partial charge in [-0.3, -0.25) is 0 Å². The molecule has 0 unspecified atom stereocenters. The molecule has 0 aliphatic rings. The Labute approximate surface area is 226 Å². The third-order valence-electron chi connectivity index (χ3n) is 6.93. The van der Waals surface area contributed by atoms with Crippen LogP contribution in [0.15, 0.2) is 140 Å². The maximum Gasteiger partial charge on any atom is 0.140 e. The normalized spacial score (nSPS) is 11.4. The lowest BCUT2D eigenvalue weighted by atomic mass is 9.77. The minimum absolute atomic E-state index is 0.681. The minimum Gasteiger partial charge on any atom is -0.376 e. The lowest BCUT2D eigenvalue weighted by Gasteiger charge is -2.33. The summed E-state index contributed by atoms with van der Waals surface area (Å²) in [5.74, 6) is 0. The molecule has 0 saturated heterocycles. The number of hydrogen-bond donors (Lipinski definition) is 1. The van der Waals surface area contributed by atoms with E-state index in [-0.39, 0.29) is 0 Å². The Morgan fingerprint density at radius 2 is 1.05 bits per heavy atom. The molecule has 2 heteroatoms. The maximum absolute atomic E-state index is 12.7. The van der Waals surface area contributed by atoms with Gasteiger partial charge in [0.15, 0.2) is 0 Å². The summed E-state index contributed by atoms with van der Waals surface area (Å²) in [6, 6.07) is 47.2. The van der Waals surface area contributed by atoms with Crippen molar-refractivity contribution in [3.8, 4) is 0 Å². The predicted octanol–water partition coefficient (Wildman–Crippen LogP) is 7.62. The van der Waals surface area contributed by atoms with Gasteiger partial charge in [-0.25, -0.2) is 0 Å². The molecule has 0 aromatic heterocycles. The highest BCUT2D eigenvalue weighted by Gasteiger charge is 2.36. The molecule has 188 valence electrons. The summed E-state index contributed by atoms with van der Waals surface area (Å²) < 4.78 is 0. The van der Waals surface area contributed by atoms with E-state index in [9.17, 15) is 5.11 Å². The van der Waals surface area contributed by atoms with Gasteiger partial charge in [0.25, 0.3) is 0 Å². The van der Waals surface area contributed by atoms with Crippen molar-refractivity contribution in [2.24, 2.45) is 0 Å². The van der Waals surface area contributed by atoms with E-state index in [0.29, 0.717) is 6.54 Å². The molecule has 38 heavy (non-hydrogen) atoms. The number of hydrogen-bond acceptors (Lipinski definition) is 2. The van der Waals surface area contributed by atoms with Crippen molar-refractivity contribution in [1.29, 1.82) is 0 Å². The molecule has 0 bridgehead atoms. The first-order chi connectivity index (χ1) is 18.6. The predicted molar refractivity (Wildman–Crippen MR) is 159 cm³/mol. The summed E-state index contributed by atoms with van der Waals surface area (Å²) in [6.45, 7) is 0.681. The van der Waals surface area contributed by atoms with Crippen LogP contribution in [0.4, 0.5) is 0 Å². The van der Waals surface area contributed by atoms with E-state index in [2.05, 4.69) is 91.8 Å². The molecule has 0 aliphatic carbocycles. The topological polar surface area (TPSA) is 23.5 Å². The molecule has 0 atom stereocenters. The maximum atomic E-state index is 12.7. The van der Waals surface area contributed by atoms with Crippen LogP contribution in [-0.4, -0.2) is 24.1 Å². The Morgan fingerprint density at radius 3 is 1.50 bits per heavy atom. The third-order valence-corrected chi connectivity index (χ3v) is 6.93. The van der Waals surface area contributed by atoms with Gasteiger partial charge in [0.2, 0.25) is 0 Å². The SMILES string of the molecule is CN(C)Cc1c(C=C(c2ccccc2)c2ccccc2)cccc1C(O)(c1ccccc1)c1ccccc1. The van der Waals surface area contributed by atoms with Crippen LogP contribution >= 0.6 is 0 Å². The van der Waals surface area contributed by atoms with Gasteiger partial charge >= 0.3 is 0 Å². The molecular weight excluding hydrogens is 462 g/mol. The molecule has 0 spiro atoms. The van der Waals surface area contributed by atoms with Crippen LogP contribution in [0.1, 0.15) is 38.9 Å². The smallest absolute Gasteiger partial charge is 0.140 e. The van der Waals surface area contributed by atoms with E-state index in [1.165, 1.54) is 0 Å². The molecule has 5 rings (SSSR count). The van der Waals surface area contributed by atoms with Gasteiger partial charge in [-0.1, -0.05) is 140 Å². The second kappa shape index (κ2) is 11.4. The molecule has 0 aliphatic heterocycles. The zero-order valence-corrected chi connectivity index (χ0v) is 22.0. The standard InChI is InChI=1S/C36H33NO/c1-37(2)27-34-30(26-33(28-16-7-3-8-17-28)29-18-9-4-10-19-29)20-15-25-35(34)36(38,31-21-11-5-12-22-31)32-23-13-6-14-24-32/h3-26,38H,27H2,1-2H3. The molecule has 0 heterocycles. The van der Waals surface area contributed by atoms with Crippen molar-refractivity contribution in [2.45, 2.75) is 12.1 Å². The van der Waals surface area contributed by atoms with Crippen LogP contribution in [-0.2, 0) is 12.1 Å². The van der Waals surface area contributed by atoms with Crippen molar-refractivity contribution in [1.82, 2.24) is 4.90 Å². The second-order valence-corrected chi connectivity index (χ2v) is 9.84. The number of aliphatic hydroxyl groups is 1. The first-order valence-corrected chi connectivity index (χ1v) is 13.0. The molecule has 0 saturated carbocycles. The van der Waals surface area contributed by atoms with Crippen LogP contribution < -0.4 is 0 Å². The van der Waals surface area contributed by atoms with Crippen molar-refractivity contribution in [2.75, 3.05) is 14.1 Å². The average molecular weight is 496 g/mol. The van der Waals surface area contributed by atoms with E-state index in [0.717, 1.165) is 44.5 Å². The van der Waals surface area contributed by atoms with Crippen molar-refractivity contribution >= 4 is 11.6 Å². The van der Waals surface area contributed by atoms with Gasteiger partial charge in [-0.15, -0.1) is 0 Å². The molecule has 5 aromatic carbocycles. The Balaban J connectivity index is 1.79. The Hall–Kier alpha value is -4.24. The molecule has 2 nitrogen and oxygen atoms in total. The van der Waals surface area contributed by atoms with E-state index >= 15 is 0 Å². The summed E-state index contributed by atoms with van der Waals surface area (Å²) in [6.07, 6.45) is 2.27. The second-order valence-electron chi connectivity index (χ2n) is 9.84. The molecular formula is C36H33NO. The first kappa shape index (κ1) is 25.4. The highest BCUT2D eigenvalue weighted by Crippen LogP contribution is 2.40. The molecule has 0 radical (unpaired) electrons. The van der Waals surface area contributed by atoms with Crippen molar-refractivity contribution in [3.63, 3.8) is 0 Å². The fraction of sp³-hybridized carbons (Fsp3) is 0.111. The largest absolute Gasteiger partial charge is 0.376 e. The van der Waals surface area contributed by atoms with E-state index in [1.54, 1.807) is 0 Å². The van der Waals surface area contributed by atoms with Crippen LogP contribution in [0, 0.1) is 0 Å². The number of benzene rings is 5. The van der Waals surface area contributed by atoms with E-state index in [1.807, 2.05) is 72.8 Å². The zero-order valence-electron chi connectivity index (χ0n) is 22.0. The molecule has 0 fully saturated rings.